The van der Waals surface area contributed by atoms with Crippen molar-refractivity contribution in [2.45, 2.75) is 70.3 Å². The highest BCUT2D eigenvalue weighted by Crippen LogP contribution is 2.33. The molecule has 1 heterocycles. The average Bonchev–Trinajstić information content (AvgIpc) is 3.16. The monoisotopic (exact) mass is 278 g/mol. The smallest absolute Gasteiger partial charge is 0.222 e. The molecule has 0 bridgehead atoms. The van der Waals surface area contributed by atoms with Gasteiger partial charge in [0.05, 0.1) is 0 Å². The molecule has 1 aliphatic heterocycles. The molecule has 2 saturated carbocycles. The normalized spacial score (nSPS) is 27.7. The topological polar surface area (TPSA) is 32.3 Å². The van der Waals surface area contributed by atoms with E-state index >= 15 is 0 Å². The molecular weight excluding hydrogens is 248 g/mol. The number of nitrogens with zero attached hydrogens (tertiary/aromatic N) is 1. The molecule has 0 spiro atoms. The van der Waals surface area contributed by atoms with Crippen molar-refractivity contribution in [1.29, 1.82) is 0 Å². The zero-order chi connectivity index (χ0) is 13.8. The second-order valence-electron chi connectivity index (χ2n) is 7.18. The fourth-order valence-corrected chi connectivity index (χ4v) is 3.86. The summed E-state index contributed by atoms with van der Waals surface area (Å²) < 4.78 is 0. The third-order valence-electron chi connectivity index (χ3n) is 5.42. The highest BCUT2D eigenvalue weighted by Gasteiger charge is 2.31. The molecule has 3 aliphatic rings. The van der Waals surface area contributed by atoms with Gasteiger partial charge in [-0.1, -0.05) is 19.3 Å². The van der Waals surface area contributed by atoms with Crippen LogP contribution in [-0.2, 0) is 4.79 Å². The predicted molar refractivity (Wildman–Crippen MR) is 81.5 cm³/mol. The molecule has 1 atom stereocenters. The van der Waals surface area contributed by atoms with Gasteiger partial charge in [0, 0.05) is 19.0 Å². The first-order valence-corrected chi connectivity index (χ1v) is 8.83. The highest BCUT2D eigenvalue weighted by molar-refractivity contribution is 5.76. The Morgan fingerprint density at radius 1 is 1.00 bits per heavy atom. The Morgan fingerprint density at radius 3 is 2.45 bits per heavy atom. The lowest BCUT2D eigenvalue weighted by atomic mass is 9.93. The van der Waals surface area contributed by atoms with E-state index in [-0.39, 0.29) is 0 Å². The van der Waals surface area contributed by atoms with Crippen LogP contribution in [-0.4, -0.2) is 36.5 Å². The van der Waals surface area contributed by atoms with Gasteiger partial charge in [-0.3, -0.25) is 4.79 Å². The lowest BCUT2D eigenvalue weighted by Gasteiger charge is -2.35. The highest BCUT2D eigenvalue weighted by atomic mass is 16.2. The maximum absolute atomic E-state index is 12.7. The first-order valence-electron chi connectivity index (χ1n) is 8.83. The van der Waals surface area contributed by atoms with Crippen molar-refractivity contribution < 1.29 is 4.79 Å². The number of hydrogen-bond acceptors (Lipinski definition) is 2. The molecule has 2 aliphatic carbocycles. The summed E-state index contributed by atoms with van der Waals surface area (Å²) in [7, 11) is 0. The van der Waals surface area contributed by atoms with Gasteiger partial charge in [0.1, 0.15) is 0 Å². The van der Waals surface area contributed by atoms with Gasteiger partial charge in [-0.15, -0.1) is 0 Å². The van der Waals surface area contributed by atoms with Crippen molar-refractivity contribution in [3.05, 3.63) is 0 Å². The van der Waals surface area contributed by atoms with Crippen LogP contribution < -0.4 is 5.32 Å². The van der Waals surface area contributed by atoms with Crippen LogP contribution in [0.15, 0.2) is 0 Å². The fourth-order valence-electron chi connectivity index (χ4n) is 3.86. The van der Waals surface area contributed by atoms with E-state index < -0.39 is 0 Å². The van der Waals surface area contributed by atoms with Gasteiger partial charge >= 0.3 is 0 Å². The second-order valence-corrected chi connectivity index (χ2v) is 7.18. The molecule has 3 heteroatoms. The molecule has 1 unspecified atom stereocenters. The summed E-state index contributed by atoms with van der Waals surface area (Å²) >= 11 is 0. The molecule has 1 amide bonds. The number of hydrogen-bond donors (Lipinski definition) is 1. The Hall–Kier alpha value is -0.570. The van der Waals surface area contributed by atoms with Crippen LogP contribution in [0, 0.1) is 11.8 Å². The first kappa shape index (κ1) is 14.4. The lowest BCUT2D eigenvalue weighted by molar-refractivity contribution is -0.134. The van der Waals surface area contributed by atoms with Crippen molar-refractivity contribution in [3.63, 3.8) is 0 Å². The molecule has 0 aromatic heterocycles. The molecule has 114 valence electrons. The van der Waals surface area contributed by atoms with Crippen LogP contribution in [0.3, 0.4) is 0 Å². The van der Waals surface area contributed by atoms with Crippen LogP contribution in [0.1, 0.15) is 64.2 Å². The third-order valence-corrected chi connectivity index (χ3v) is 5.42. The van der Waals surface area contributed by atoms with Crippen molar-refractivity contribution >= 4 is 5.91 Å². The average molecular weight is 278 g/mol. The molecule has 3 fully saturated rings. The van der Waals surface area contributed by atoms with Crippen LogP contribution in [0.5, 0.6) is 0 Å². The molecule has 0 aromatic carbocycles. The minimum Gasteiger partial charge on any atom is -0.339 e. The number of carbonyl (C=O) groups is 1. The van der Waals surface area contributed by atoms with Crippen molar-refractivity contribution in [2.75, 3.05) is 19.6 Å². The number of rotatable bonds is 6. The summed E-state index contributed by atoms with van der Waals surface area (Å²) in [5.74, 6) is 2.03. The van der Waals surface area contributed by atoms with E-state index in [2.05, 4.69) is 10.2 Å². The summed E-state index contributed by atoms with van der Waals surface area (Å²) in [5, 5.41) is 3.41. The predicted octanol–water partition coefficient (Wildman–Crippen LogP) is 2.95. The van der Waals surface area contributed by atoms with E-state index in [0.717, 1.165) is 44.3 Å². The van der Waals surface area contributed by atoms with E-state index in [9.17, 15) is 4.79 Å². The van der Waals surface area contributed by atoms with Crippen molar-refractivity contribution in [1.82, 2.24) is 10.2 Å². The SMILES string of the molecule is O=C(CCC1CCNC1)N(CC1CC1)C1CCCCC1. The molecule has 1 N–H and O–H groups in total. The third kappa shape index (κ3) is 3.97. The molecule has 1 saturated heterocycles. The van der Waals surface area contributed by atoms with Crippen molar-refractivity contribution in [3.8, 4) is 0 Å². The minimum absolute atomic E-state index is 0.454. The largest absolute Gasteiger partial charge is 0.339 e. The van der Waals surface area contributed by atoms with Gasteiger partial charge in [0.15, 0.2) is 0 Å². The Morgan fingerprint density at radius 2 is 1.80 bits per heavy atom. The van der Waals surface area contributed by atoms with Crippen LogP contribution >= 0.6 is 0 Å². The van der Waals surface area contributed by atoms with E-state index in [4.69, 9.17) is 0 Å². The van der Waals surface area contributed by atoms with Gasteiger partial charge in [-0.05, 0) is 63.5 Å². The lowest BCUT2D eigenvalue weighted by Crippen LogP contribution is -2.42. The molecular formula is C17H30N2O. The molecule has 0 aromatic rings. The summed E-state index contributed by atoms with van der Waals surface area (Å²) in [5.41, 5.74) is 0. The van der Waals surface area contributed by atoms with Gasteiger partial charge in [-0.25, -0.2) is 0 Å². The Kier molecular flexibility index (Phi) is 4.98. The standard InChI is InChI=1S/C17H30N2O/c20-17(9-8-14-10-11-18-12-14)19(13-15-6-7-15)16-4-2-1-3-5-16/h14-16,18H,1-13H2. The number of carbonyl (C=O) groups excluding carboxylic acids is 1. The zero-order valence-electron chi connectivity index (χ0n) is 12.8. The van der Waals surface area contributed by atoms with Gasteiger partial charge in [0.25, 0.3) is 0 Å². The van der Waals surface area contributed by atoms with Crippen LogP contribution in [0.25, 0.3) is 0 Å². The molecule has 3 rings (SSSR count). The Balaban J connectivity index is 1.50. The van der Waals surface area contributed by atoms with E-state index in [1.54, 1.807) is 0 Å². The van der Waals surface area contributed by atoms with Crippen molar-refractivity contribution in [2.24, 2.45) is 11.8 Å². The molecule has 0 radical (unpaired) electrons. The molecule has 20 heavy (non-hydrogen) atoms. The van der Waals surface area contributed by atoms with Gasteiger partial charge < -0.3 is 10.2 Å². The van der Waals surface area contributed by atoms with E-state index in [0.29, 0.717) is 11.9 Å². The van der Waals surface area contributed by atoms with E-state index in [1.807, 2.05) is 0 Å². The maximum atomic E-state index is 12.7. The Bertz CT molecular complexity index is 315. The quantitative estimate of drug-likeness (QED) is 0.810. The summed E-state index contributed by atoms with van der Waals surface area (Å²) in [6, 6.07) is 0.568. The zero-order valence-corrected chi connectivity index (χ0v) is 12.8. The first-order chi connectivity index (χ1) is 9.83. The van der Waals surface area contributed by atoms with Gasteiger partial charge in [0.2, 0.25) is 5.91 Å². The van der Waals surface area contributed by atoms with Gasteiger partial charge in [-0.2, -0.15) is 0 Å². The second kappa shape index (κ2) is 6.93. The molecule has 3 nitrogen and oxygen atoms in total. The summed E-state index contributed by atoms with van der Waals surface area (Å²) in [4.78, 5) is 15.0. The van der Waals surface area contributed by atoms with Crippen LogP contribution in [0.2, 0.25) is 0 Å². The van der Waals surface area contributed by atoms with Crippen LogP contribution in [0.4, 0.5) is 0 Å². The number of nitrogens with one attached hydrogen (secondary N) is 1. The maximum Gasteiger partial charge on any atom is 0.222 e. The summed E-state index contributed by atoms with van der Waals surface area (Å²) in [6.45, 7) is 3.33. The Labute approximate surface area is 123 Å². The summed E-state index contributed by atoms with van der Waals surface area (Å²) in [6.07, 6.45) is 12.4. The van der Waals surface area contributed by atoms with E-state index in [1.165, 1.54) is 51.4 Å². The fraction of sp³-hybridized carbons (Fsp3) is 0.941. The minimum atomic E-state index is 0.454. The number of amides is 1.